The SMILES string of the molecule is CC1(CO)CCC2(C(=O)O)CC(Cc3cnc[nH]3)C3(C)C(=CCC4C5(C6CCCC6)C(CC6C(CO)C(=O)NC6C(CCC(N)O)c6cnc[nH]6)C(O)C(OC6OCC(O)C(O)C6O)C(C)(CO)C5CCC43C)C2C1. The van der Waals surface area contributed by atoms with Gasteiger partial charge in [-0.3, -0.25) is 9.59 Å². The lowest BCUT2D eigenvalue weighted by Gasteiger charge is -2.76. The van der Waals surface area contributed by atoms with E-state index in [0.29, 0.717) is 57.8 Å². The second-order valence-corrected chi connectivity index (χ2v) is 26.1. The minimum Gasteiger partial charge on any atom is -0.481 e. The van der Waals surface area contributed by atoms with Gasteiger partial charge >= 0.3 is 5.97 Å². The van der Waals surface area contributed by atoms with Crippen LogP contribution in [-0.2, 0) is 25.5 Å². The number of imidazole rings is 2. The van der Waals surface area contributed by atoms with Crippen molar-refractivity contribution in [2.24, 2.45) is 85.6 Å². The van der Waals surface area contributed by atoms with Crippen LogP contribution in [0.3, 0.4) is 0 Å². The topological polar surface area (TPSA) is 330 Å². The molecule has 75 heavy (non-hydrogen) atoms. The van der Waals surface area contributed by atoms with Gasteiger partial charge in [-0.2, -0.15) is 0 Å². The van der Waals surface area contributed by atoms with Gasteiger partial charge in [0.2, 0.25) is 5.91 Å². The molecule has 2 aromatic rings. The largest absolute Gasteiger partial charge is 0.481 e. The third-order valence-corrected chi connectivity index (χ3v) is 22.9. The second-order valence-electron chi connectivity index (χ2n) is 26.1. The standard InChI is InChI=1S/C56H86N6O13/c1-51(25-64)15-16-55(50(72)73)19-30(17-31-21-58-27-60-31)54(4)35(37(55)20-51)10-11-41-53(54,3)14-13-40-52(2,26-65)47(75-49-46(70)45(69)39(66)24-74-49)44(68)36(56(40,41)29-7-5-6-8-29)18-33-34(23-63)48(71)62-43(33)32(9-12-42(57)67)38-22-59-28-61-38/h10,21-22,27-30,32-34,36-37,39-47,49,63-70H,5-9,11-20,23-26,57H2,1-4H3,(H,58,60)(H,59,61)(H,62,71)(H,72,73). The van der Waals surface area contributed by atoms with Crippen LogP contribution in [0.5, 0.6) is 0 Å². The molecule has 0 bridgehead atoms. The number of carboxylic acid groups (broad SMARTS) is 1. The maximum Gasteiger partial charge on any atom is 0.310 e. The van der Waals surface area contributed by atoms with E-state index in [4.69, 9.17) is 15.2 Å². The first kappa shape index (κ1) is 55.0. The summed E-state index contributed by atoms with van der Waals surface area (Å²) in [6.07, 6.45) is 8.03. The molecule has 22 unspecified atom stereocenters. The number of aliphatic hydroxyl groups excluding tert-OH is 8. The summed E-state index contributed by atoms with van der Waals surface area (Å²) in [6, 6.07) is -0.607. The molecular formula is C56H86N6O13. The number of carbonyl (C=O) groups excluding carboxylic acids is 1. The van der Waals surface area contributed by atoms with E-state index in [1.54, 1.807) is 18.9 Å². The number of nitrogens with one attached hydrogen (secondary N) is 3. The average Bonchev–Trinajstić information content (AvgIpc) is 4.26. The van der Waals surface area contributed by atoms with Crippen LogP contribution >= 0.6 is 0 Å². The fourth-order valence-corrected chi connectivity index (χ4v) is 19.0. The zero-order valence-corrected chi connectivity index (χ0v) is 44.3. The number of aliphatic carboxylic acids is 1. The molecule has 0 radical (unpaired) electrons. The van der Waals surface area contributed by atoms with Gasteiger partial charge < -0.3 is 76.5 Å². The lowest BCUT2D eigenvalue weighted by molar-refractivity contribution is -0.349. The van der Waals surface area contributed by atoms with Crippen LogP contribution in [0.15, 0.2) is 36.7 Å². The molecule has 2 aromatic heterocycles. The number of H-pyrrole nitrogens is 2. The number of fused-ring (bicyclic) bond motifs is 7. The highest BCUT2D eigenvalue weighted by Crippen LogP contribution is 2.80. The van der Waals surface area contributed by atoms with Gasteiger partial charge in [-0.15, -0.1) is 0 Å². The summed E-state index contributed by atoms with van der Waals surface area (Å²) in [5.74, 6) is -4.75. The Bertz CT molecular complexity index is 2370. The zero-order valence-electron chi connectivity index (χ0n) is 44.3. The van der Waals surface area contributed by atoms with Crippen molar-refractivity contribution >= 4 is 11.9 Å². The Morgan fingerprint density at radius 1 is 0.907 bits per heavy atom. The minimum absolute atomic E-state index is 0.0117. The Morgan fingerprint density at radius 3 is 2.28 bits per heavy atom. The highest BCUT2D eigenvalue weighted by atomic mass is 16.7. The number of ether oxygens (including phenoxy) is 2. The van der Waals surface area contributed by atoms with E-state index in [9.17, 15) is 55.5 Å². The molecule has 418 valence electrons. The maximum atomic E-state index is 14.4. The summed E-state index contributed by atoms with van der Waals surface area (Å²) in [5.41, 5.74) is 4.06. The van der Waals surface area contributed by atoms with E-state index in [0.717, 1.165) is 42.6 Å². The summed E-state index contributed by atoms with van der Waals surface area (Å²) in [6.45, 7) is 7.56. The average molecular weight is 1050 g/mol. The molecule has 0 spiro atoms. The van der Waals surface area contributed by atoms with Gasteiger partial charge in [0, 0.05) is 47.8 Å². The molecule has 1 amide bonds. The van der Waals surface area contributed by atoms with Crippen molar-refractivity contribution in [3.05, 3.63) is 48.1 Å². The Morgan fingerprint density at radius 2 is 1.64 bits per heavy atom. The van der Waals surface area contributed by atoms with E-state index in [2.05, 4.69) is 52.1 Å². The van der Waals surface area contributed by atoms with Crippen molar-refractivity contribution in [1.29, 1.82) is 0 Å². The first-order valence-electron chi connectivity index (χ1n) is 28.1. The van der Waals surface area contributed by atoms with Gasteiger partial charge in [0.15, 0.2) is 6.29 Å². The predicted octanol–water partition coefficient (Wildman–Crippen LogP) is 2.88. The zero-order chi connectivity index (χ0) is 53.6. The summed E-state index contributed by atoms with van der Waals surface area (Å²) < 4.78 is 12.8. The molecule has 14 N–H and O–H groups in total. The summed E-state index contributed by atoms with van der Waals surface area (Å²) >= 11 is 0. The predicted molar refractivity (Wildman–Crippen MR) is 271 cm³/mol. The van der Waals surface area contributed by atoms with Gasteiger partial charge in [-0.25, -0.2) is 9.97 Å². The number of aliphatic hydroxyl groups is 8. The van der Waals surface area contributed by atoms with Gasteiger partial charge in [0.1, 0.15) is 24.5 Å². The molecule has 4 heterocycles. The molecule has 6 aliphatic carbocycles. The molecule has 19 nitrogen and oxygen atoms in total. The number of hydrogen-bond donors (Lipinski definition) is 13. The number of aromatic amines is 2. The van der Waals surface area contributed by atoms with Crippen molar-refractivity contribution in [2.75, 3.05) is 26.4 Å². The molecule has 5 saturated carbocycles. The quantitative estimate of drug-likeness (QED) is 0.0653. The van der Waals surface area contributed by atoms with E-state index < -0.39 is 124 Å². The molecule has 0 aromatic carbocycles. The van der Waals surface area contributed by atoms with Crippen molar-refractivity contribution in [1.82, 2.24) is 25.3 Å². The summed E-state index contributed by atoms with van der Waals surface area (Å²) in [7, 11) is 0. The van der Waals surface area contributed by atoms with Crippen LogP contribution in [0, 0.1) is 79.8 Å². The van der Waals surface area contributed by atoms with Crippen LogP contribution < -0.4 is 11.1 Å². The number of rotatable bonds is 16. The lowest BCUT2D eigenvalue weighted by atomic mass is 9.28. The van der Waals surface area contributed by atoms with Crippen molar-refractivity contribution in [2.45, 2.75) is 179 Å². The Balaban J connectivity index is 1.19. The van der Waals surface area contributed by atoms with Gasteiger partial charge in [0.25, 0.3) is 0 Å². The summed E-state index contributed by atoms with van der Waals surface area (Å²) in [5, 5.41) is 107. The molecule has 2 aliphatic heterocycles. The van der Waals surface area contributed by atoms with E-state index in [1.165, 1.54) is 0 Å². The lowest BCUT2D eigenvalue weighted by Crippen LogP contribution is -2.75. The van der Waals surface area contributed by atoms with Crippen LogP contribution in [0.1, 0.15) is 135 Å². The number of nitrogens with two attached hydrogens (primary N) is 1. The number of carbonyl (C=O) groups is 2. The maximum absolute atomic E-state index is 14.4. The van der Waals surface area contributed by atoms with Crippen molar-refractivity contribution < 1.29 is 65.0 Å². The summed E-state index contributed by atoms with van der Waals surface area (Å²) in [4.78, 5) is 43.9. The highest BCUT2D eigenvalue weighted by molar-refractivity contribution is 5.82. The second kappa shape index (κ2) is 20.4. The van der Waals surface area contributed by atoms with Crippen LogP contribution in [-0.4, -0.2) is 153 Å². The Kier molecular flexibility index (Phi) is 15.0. The Hall–Kier alpha value is -3.34. The third kappa shape index (κ3) is 8.44. The first-order valence-corrected chi connectivity index (χ1v) is 28.1. The van der Waals surface area contributed by atoms with Crippen LogP contribution in [0.4, 0.5) is 0 Å². The minimum atomic E-state index is -1.68. The van der Waals surface area contributed by atoms with Crippen molar-refractivity contribution in [3.63, 3.8) is 0 Å². The van der Waals surface area contributed by atoms with Gasteiger partial charge in [-0.1, -0.05) is 52.2 Å². The normalized spacial score (nSPS) is 46.7. The first-order chi connectivity index (χ1) is 35.7. The van der Waals surface area contributed by atoms with Crippen LogP contribution in [0.25, 0.3) is 0 Å². The van der Waals surface area contributed by atoms with E-state index in [1.807, 2.05) is 13.1 Å². The van der Waals surface area contributed by atoms with E-state index in [-0.39, 0.29) is 61.6 Å². The van der Waals surface area contributed by atoms with Gasteiger partial charge in [-0.05, 0) is 147 Å². The molecule has 7 fully saturated rings. The number of amides is 1. The number of nitrogens with zero attached hydrogens (tertiary/aromatic N) is 2. The number of hydrogen-bond acceptors (Lipinski definition) is 15. The number of carboxylic acids is 1. The molecule has 22 atom stereocenters. The van der Waals surface area contributed by atoms with Gasteiger partial charge in [0.05, 0.1) is 56.0 Å². The molecule has 8 aliphatic rings. The monoisotopic (exact) mass is 1050 g/mol. The number of allylic oxidation sites excluding steroid dienone is 2. The molecule has 2 saturated heterocycles. The van der Waals surface area contributed by atoms with Crippen LogP contribution in [0.2, 0.25) is 0 Å². The fraction of sp³-hybridized carbons (Fsp3) is 0.821. The third-order valence-electron chi connectivity index (χ3n) is 22.9. The highest BCUT2D eigenvalue weighted by Gasteiger charge is 2.77. The number of aromatic nitrogens is 4. The van der Waals surface area contributed by atoms with E-state index >= 15 is 0 Å². The molecular weight excluding hydrogens is 965 g/mol. The molecule has 19 heteroatoms. The Labute approximate surface area is 439 Å². The van der Waals surface area contributed by atoms with Crippen molar-refractivity contribution in [3.8, 4) is 0 Å². The fourth-order valence-electron chi connectivity index (χ4n) is 19.0. The smallest absolute Gasteiger partial charge is 0.310 e. The molecule has 10 rings (SSSR count).